The van der Waals surface area contributed by atoms with E-state index in [0.717, 1.165) is 58.6 Å². The maximum Gasteiger partial charge on any atom is 0.228 e. The van der Waals surface area contributed by atoms with Crippen LogP contribution in [0, 0.1) is 3.57 Å². The third-order valence-electron chi connectivity index (χ3n) is 4.90. The number of piperazine rings is 1. The molecule has 1 saturated heterocycles. The molecule has 0 saturated carbocycles. The lowest BCUT2D eigenvalue weighted by molar-refractivity contribution is -0.115. The number of likely N-dealkylation sites (N-methyl/N-ethyl adjacent to an activating group) is 1. The molecule has 2 aromatic carbocycles. The van der Waals surface area contributed by atoms with Gasteiger partial charge in [0.25, 0.3) is 0 Å². The van der Waals surface area contributed by atoms with E-state index in [2.05, 4.69) is 66.6 Å². The van der Waals surface area contributed by atoms with Crippen molar-refractivity contribution >= 4 is 50.1 Å². The first-order chi connectivity index (χ1) is 13.0. The number of benzene rings is 2. The van der Waals surface area contributed by atoms with Gasteiger partial charge in [-0.05, 0) is 64.5 Å². The van der Waals surface area contributed by atoms with Crippen LogP contribution in [0.3, 0.4) is 0 Å². The molecule has 6 heteroatoms. The van der Waals surface area contributed by atoms with Crippen molar-refractivity contribution in [3.63, 3.8) is 0 Å². The Bertz CT molecular complexity index is 791. The number of hydrogen-bond acceptors (Lipinski definition) is 3. The minimum atomic E-state index is 0.00679. The van der Waals surface area contributed by atoms with Gasteiger partial charge in [0.15, 0.2) is 0 Å². The molecule has 1 aliphatic rings. The second-order valence-electron chi connectivity index (χ2n) is 6.87. The van der Waals surface area contributed by atoms with Gasteiger partial charge in [-0.2, -0.15) is 0 Å². The Morgan fingerprint density at radius 1 is 1.11 bits per heavy atom. The molecule has 1 N–H and O–H groups in total. The fraction of sp³-hybridized carbons (Fsp3) is 0.381. The summed E-state index contributed by atoms with van der Waals surface area (Å²) in [5.74, 6) is 0.00679. The first kappa shape index (κ1) is 20.8. The van der Waals surface area contributed by atoms with Crippen molar-refractivity contribution in [2.45, 2.75) is 19.9 Å². The van der Waals surface area contributed by atoms with Gasteiger partial charge >= 0.3 is 0 Å². The van der Waals surface area contributed by atoms with E-state index in [-0.39, 0.29) is 5.91 Å². The van der Waals surface area contributed by atoms with E-state index in [4.69, 9.17) is 0 Å². The summed E-state index contributed by atoms with van der Waals surface area (Å²) in [6.07, 6.45) is 0.387. The monoisotopic (exact) mass is 541 g/mol. The summed E-state index contributed by atoms with van der Waals surface area (Å²) in [5.41, 5.74) is 3.12. The smallest absolute Gasteiger partial charge is 0.228 e. The van der Waals surface area contributed by atoms with Crippen LogP contribution in [-0.4, -0.2) is 48.4 Å². The largest absolute Gasteiger partial charge is 0.326 e. The molecule has 1 amide bonds. The highest BCUT2D eigenvalue weighted by atomic mass is 127. The standard InChI is InChI=1S/C21H25BrIN3O/c1-2-25-8-10-26(11-9-25)15-17-6-7-19(14-20(17)22)24-21(27)13-16-4-3-5-18(23)12-16/h3-7,12,14H,2,8-11,13,15H2,1H3,(H,24,27). The van der Waals surface area contributed by atoms with Crippen LogP contribution >= 0.6 is 38.5 Å². The van der Waals surface area contributed by atoms with Crippen LogP contribution in [0.1, 0.15) is 18.1 Å². The number of amides is 1. The molecular weight excluding hydrogens is 517 g/mol. The number of rotatable bonds is 6. The van der Waals surface area contributed by atoms with Gasteiger partial charge in [-0.1, -0.05) is 41.1 Å². The Balaban J connectivity index is 1.55. The molecule has 0 unspecified atom stereocenters. The number of carbonyl (C=O) groups excluding carboxylic acids is 1. The van der Waals surface area contributed by atoms with E-state index in [1.54, 1.807) is 0 Å². The highest BCUT2D eigenvalue weighted by Crippen LogP contribution is 2.23. The molecule has 0 spiro atoms. The number of nitrogens with zero attached hydrogens (tertiary/aromatic N) is 2. The molecule has 0 radical (unpaired) electrons. The van der Waals surface area contributed by atoms with E-state index in [1.807, 2.05) is 36.4 Å². The topological polar surface area (TPSA) is 35.6 Å². The van der Waals surface area contributed by atoms with Crippen molar-refractivity contribution in [3.05, 3.63) is 61.6 Å². The molecule has 1 heterocycles. The Labute approximate surface area is 183 Å². The molecule has 27 heavy (non-hydrogen) atoms. The quantitative estimate of drug-likeness (QED) is 0.551. The maximum absolute atomic E-state index is 12.3. The zero-order valence-electron chi connectivity index (χ0n) is 15.5. The predicted octanol–water partition coefficient (Wildman–Crippen LogP) is 4.37. The van der Waals surface area contributed by atoms with Crippen molar-refractivity contribution < 1.29 is 4.79 Å². The summed E-state index contributed by atoms with van der Waals surface area (Å²) in [7, 11) is 0. The molecule has 144 valence electrons. The zero-order valence-corrected chi connectivity index (χ0v) is 19.3. The van der Waals surface area contributed by atoms with Crippen LogP contribution in [0.25, 0.3) is 0 Å². The van der Waals surface area contributed by atoms with E-state index in [0.29, 0.717) is 6.42 Å². The van der Waals surface area contributed by atoms with Gasteiger partial charge in [0.1, 0.15) is 0 Å². The Morgan fingerprint density at radius 3 is 2.52 bits per heavy atom. The van der Waals surface area contributed by atoms with Crippen molar-refractivity contribution in [1.82, 2.24) is 9.80 Å². The van der Waals surface area contributed by atoms with Gasteiger partial charge in [-0.3, -0.25) is 9.69 Å². The average Bonchev–Trinajstić information content (AvgIpc) is 2.64. The van der Waals surface area contributed by atoms with Crippen molar-refractivity contribution in [2.24, 2.45) is 0 Å². The molecule has 0 bridgehead atoms. The predicted molar refractivity (Wildman–Crippen MR) is 123 cm³/mol. The molecule has 0 aliphatic carbocycles. The fourth-order valence-corrected chi connectivity index (χ4v) is 4.41. The molecular formula is C21H25BrIN3O. The van der Waals surface area contributed by atoms with Gasteiger partial charge in [0.2, 0.25) is 5.91 Å². The Hall–Kier alpha value is -0.960. The number of nitrogens with one attached hydrogen (secondary N) is 1. The fourth-order valence-electron chi connectivity index (χ4n) is 3.30. The summed E-state index contributed by atoms with van der Waals surface area (Å²) in [6, 6.07) is 14.1. The van der Waals surface area contributed by atoms with Gasteiger partial charge in [-0.25, -0.2) is 0 Å². The summed E-state index contributed by atoms with van der Waals surface area (Å²) >= 11 is 5.94. The van der Waals surface area contributed by atoms with Gasteiger partial charge in [0, 0.05) is 46.5 Å². The minimum Gasteiger partial charge on any atom is -0.326 e. The summed E-state index contributed by atoms with van der Waals surface area (Å²) in [6.45, 7) is 8.78. The van der Waals surface area contributed by atoms with Crippen LogP contribution in [0.15, 0.2) is 46.9 Å². The molecule has 4 nitrogen and oxygen atoms in total. The van der Waals surface area contributed by atoms with E-state index in [1.165, 1.54) is 5.56 Å². The van der Waals surface area contributed by atoms with Crippen molar-refractivity contribution in [1.29, 1.82) is 0 Å². The third kappa shape index (κ3) is 6.27. The summed E-state index contributed by atoms with van der Waals surface area (Å²) in [5, 5.41) is 3.00. The van der Waals surface area contributed by atoms with E-state index in [9.17, 15) is 4.79 Å². The van der Waals surface area contributed by atoms with Crippen LogP contribution < -0.4 is 5.32 Å². The molecule has 2 aromatic rings. The van der Waals surface area contributed by atoms with Gasteiger partial charge in [-0.15, -0.1) is 0 Å². The number of hydrogen-bond donors (Lipinski definition) is 1. The van der Waals surface area contributed by atoms with E-state index >= 15 is 0 Å². The molecule has 1 aliphatic heterocycles. The van der Waals surface area contributed by atoms with E-state index < -0.39 is 0 Å². The number of halogens is 2. The zero-order chi connectivity index (χ0) is 19.2. The van der Waals surface area contributed by atoms with Crippen molar-refractivity contribution in [2.75, 3.05) is 38.0 Å². The average molecular weight is 542 g/mol. The molecule has 0 atom stereocenters. The lowest BCUT2D eigenvalue weighted by Crippen LogP contribution is -2.45. The van der Waals surface area contributed by atoms with Crippen LogP contribution in [0.5, 0.6) is 0 Å². The first-order valence-corrected chi connectivity index (χ1v) is 11.2. The van der Waals surface area contributed by atoms with Crippen LogP contribution in [-0.2, 0) is 17.8 Å². The van der Waals surface area contributed by atoms with Crippen molar-refractivity contribution in [3.8, 4) is 0 Å². The normalized spacial score (nSPS) is 15.7. The summed E-state index contributed by atoms with van der Waals surface area (Å²) in [4.78, 5) is 17.3. The second kappa shape index (κ2) is 10.0. The van der Waals surface area contributed by atoms with Crippen LogP contribution in [0.2, 0.25) is 0 Å². The molecule has 1 fully saturated rings. The lowest BCUT2D eigenvalue weighted by Gasteiger charge is -2.34. The second-order valence-corrected chi connectivity index (χ2v) is 8.97. The molecule has 0 aromatic heterocycles. The highest BCUT2D eigenvalue weighted by molar-refractivity contribution is 14.1. The van der Waals surface area contributed by atoms with Crippen LogP contribution in [0.4, 0.5) is 5.69 Å². The Kier molecular flexibility index (Phi) is 7.69. The first-order valence-electron chi connectivity index (χ1n) is 9.31. The minimum absolute atomic E-state index is 0.00679. The third-order valence-corrected chi connectivity index (χ3v) is 6.31. The summed E-state index contributed by atoms with van der Waals surface area (Å²) < 4.78 is 2.19. The van der Waals surface area contributed by atoms with Gasteiger partial charge in [0.05, 0.1) is 6.42 Å². The maximum atomic E-state index is 12.3. The van der Waals surface area contributed by atoms with Gasteiger partial charge < -0.3 is 10.2 Å². The SMILES string of the molecule is CCN1CCN(Cc2ccc(NC(=O)Cc3cccc(I)c3)cc2Br)CC1. The lowest BCUT2D eigenvalue weighted by atomic mass is 10.1. The Morgan fingerprint density at radius 2 is 1.85 bits per heavy atom. The number of carbonyl (C=O) groups is 1. The highest BCUT2D eigenvalue weighted by Gasteiger charge is 2.16. The number of anilines is 1. The molecule has 3 rings (SSSR count).